The van der Waals surface area contributed by atoms with Gasteiger partial charge in [-0.25, -0.2) is 9.67 Å². The fourth-order valence-corrected chi connectivity index (χ4v) is 8.24. The number of benzene rings is 1. The van der Waals surface area contributed by atoms with Gasteiger partial charge in [0.15, 0.2) is 17.0 Å². The predicted octanol–water partition coefficient (Wildman–Crippen LogP) is 1.89. The largest absolute Gasteiger partial charge is 0.491 e. The van der Waals surface area contributed by atoms with Gasteiger partial charge in [-0.1, -0.05) is 17.3 Å². The Labute approximate surface area is 315 Å². The third-order valence-electron chi connectivity index (χ3n) is 9.60. The van der Waals surface area contributed by atoms with Crippen molar-refractivity contribution in [1.82, 2.24) is 24.7 Å². The quantitative estimate of drug-likeness (QED) is 0.0758. The van der Waals surface area contributed by atoms with Crippen molar-refractivity contribution in [2.75, 3.05) is 102 Å². The molecule has 1 spiro atoms. The molecule has 3 fully saturated rings. The lowest BCUT2D eigenvalue weighted by Crippen LogP contribution is -2.63. The Morgan fingerprint density at radius 2 is 1.66 bits per heavy atom. The average Bonchev–Trinajstić information content (AvgIpc) is 3.85. The highest BCUT2D eigenvalue weighted by Crippen LogP contribution is 2.45. The van der Waals surface area contributed by atoms with Crippen molar-refractivity contribution in [2.24, 2.45) is 5.41 Å². The molecule has 16 nitrogen and oxygen atoms in total. The molecule has 53 heavy (non-hydrogen) atoms. The lowest BCUT2D eigenvalue weighted by Gasteiger charge is -2.55. The highest BCUT2D eigenvalue weighted by molar-refractivity contribution is 7.22. The van der Waals surface area contributed by atoms with Gasteiger partial charge < -0.3 is 53.5 Å². The number of terminal acetylenes is 1. The number of rotatable bonds is 18. The molecule has 3 aromatic heterocycles. The van der Waals surface area contributed by atoms with Gasteiger partial charge in [-0.15, -0.1) is 6.42 Å². The summed E-state index contributed by atoms with van der Waals surface area (Å²) in [5, 5.41) is 36.5. The average molecular weight is 774 g/mol. The van der Waals surface area contributed by atoms with Gasteiger partial charge in [-0.3, -0.25) is 0 Å². The van der Waals surface area contributed by atoms with Crippen molar-refractivity contribution in [3.05, 3.63) is 29.7 Å². The SMILES string of the molecule is C#CCOCCOCCOCCOCCOc1ccc2nc(N3CCCC4(C3)CN(c3nc(Cl)nc5c3cnn5[C@@H]3O[C@H](CO)[C@@H](O)[C@H]3O)C4)sc2c1. The molecule has 286 valence electrons. The van der Waals surface area contributed by atoms with E-state index in [1.165, 1.54) is 4.68 Å². The van der Waals surface area contributed by atoms with E-state index in [9.17, 15) is 15.3 Å². The molecule has 0 bridgehead atoms. The number of ether oxygens (including phenoxy) is 6. The second kappa shape index (κ2) is 17.4. The second-order valence-corrected chi connectivity index (χ2v) is 14.7. The first-order chi connectivity index (χ1) is 25.9. The Morgan fingerprint density at radius 3 is 2.38 bits per heavy atom. The van der Waals surface area contributed by atoms with Gasteiger partial charge in [0.25, 0.3) is 0 Å². The minimum atomic E-state index is -1.29. The highest BCUT2D eigenvalue weighted by atomic mass is 35.5. The molecular weight excluding hydrogens is 730 g/mol. The second-order valence-electron chi connectivity index (χ2n) is 13.3. The maximum atomic E-state index is 10.6. The molecule has 6 heterocycles. The fraction of sp³-hybridized carbons (Fsp3) is 0.600. The Balaban J connectivity index is 0.882. The van der Waals surface area contributed by atoms with Crippen LogP contribution < -0.4 is 14.5 Å². The molecule has 18 heteroatoms. The van der Waals surface area contributed by atoms with Gasteiger partial charge in [0.05, 0.1) is 74.7 Å². The lowest BCUT2D eigenvalue weighted by atomic mass is 9.73. The molecule has 3 N–H and O–H groups in total. The zero-order chi connectivity index (χ0) is 36.8. The molecule has 0 saturated carbocycles. The molecule has 0 amide bonds. The molecular formula is C35H44ClN7O9S. The van der Waals surface area contributed by atoms with Crippen LogP contribution in [0.1, 0.15) is 19.1 Å². The van der Waals surface area contributed by atoms with Gasteiger partial charge >= 0.3 is 0 Å². The van der Waals surface area contributed by atoms with E-state index in [-0.39, 0.29) is 10.7 Å². The number of hydrogen-bond donors (Lipinski definition) is 3. The normalized spacial score (nSPS) is 22.5. The van der Waals surface area contributed by atoms with E-state index in [4.69, 9.17) is 51.4 Å². The van der Waals surface area contributed by atoms with E-state index >= 15 is 0 Å². The van der Waals surface area contributed by atoms with Gasteiger partial charge in [0.2, 0.25) is 5.28 Å². The molecule has 0 radical (unpaired) electrons. The van der Waals surface area contributed by atoms with Crippen molar-refractivity contribution < 1.29 is 43.7 Å². The molecule has 3 aliphatic rings. The summed E-state index contributed by atoms with van der Waals surface area (Å²) in [4.78, 5) is 18.5. The predicted molar refractivity (Wildman–Crippen MR) is 197 cm³/mol. The maximum Gasteiger partial charge on any atom is 0.226 e. The van der Waals surface area contributed by atoms with E-state index < -0.39 is 31.1 Å². The number of aliphatic hydroxyl groups is 3. The molecule has 4 aromatic rings. The van der Waals surface area contributed by atoms with Crippen LogP contribution in [-0.2, 0) is 23.7 Å². The van der Waals surface area contributed by atoms with E-state index in [0.717, 1.165) is 60.1 Å². The lowest BCUT2D eigenvalue weighted by molar-refractivity contribution is -0.0566. The number of thiazole rings is 1. The number of anilines is 2. The van der Waals surface area contributed by atoms with Crippen LogP contribution in [0.4, 0.5) is 10.9 Å². The summed E-state index contributed by atoms with van der Waals surface area (Å²) in [7, 11) is 0. The number of halogens is 1. The van der Waals surface area contributed by atoms with Crippen molar-refractivity contribution in [2.45, 2.75) is 37.4 Å². The van der Waals surface area contributed by atoms with Crippen LogP contribution in [0.15, 0.2) is 24.4 Å². The monoisotopic (exact) mass is 773 g/mol. The summed E-state index contributed by atoms with van der Waals surface area (Å²) >= 11 is 8.06. The summed E-state index contributed by atoms with van der Waals surface area (Å²) in [5.74, 6) is 3.84. The molecule has 0 aliphatic carbocycles. The summed E-state index contributed by atoms with van der Waals surface area (Å²) < 4.78 is 35.8. The number of piperidine rings is 1. The van der Waals surface area contributed by atoms with E-state index in [1.807, 2.05) is 18.2 Å². The number of nitrogens with zero attached hydrogens (tertiary/aromatic N) is 7. The van der Waals surface area contributed by atoms with Gasteiger partial charge in [0.1, 0.15) is 43.1 Å². The Morgan fingerprint density at radius 1 is 0.943 bits per heavy atom. The van der Waals surface area contributed by atoms with Crippen LogP contribution in [0.2, 0.25) is 5.28 Å². The number of aromatic nitrogens is 5. The third kappa shape index (κ3) is 8.62. The van der Waals surface area contributed by atoms with Crippen LogP contribution in [0.25, 0.3) is 21.3 Å². The number of fused-ring (bicyclic) bond motifs is 2. The molecule has 0 unspecified atom stereocenters. The summed E-state index contributed by atoms with van der Waals surface area (Å²) in [6.07, 6.45) is 4.37. The van der Waals surface area contributed by atoms with E-state index in [1.54, 1.807) is 17.5 Å². The molecule has 3 saturated heterocycles. The minimum absolute atomic E-state index is 0.0419. The fourth-order valence-electron chi connectivity index (χ4n) is 7.06. The first-order valence-corrected chi connectivity index (χ1v) is 18.9. The van der Waals surface area contributed by atoms with Crippen molar-refractivity contribution >= 4 is 55.1 Å². The molecule has 7 rings (SSSR count). The summed E-state index contributed by atoms with van der Waals surface area (Å²) in [6, 6.07) is 5.97. The molecule has 1 aromatic carbocycles. The number of aliphatic hydroxyl groups excluding tert-OH is 3. The van der Waals surface area contributed by atoms with Crippen LogP contribution in [0, 0.1) is 17.8 Å². The summed E-state index contributed by atoms with van der Waals surface area (Å²) in [5.41, 5.74) is 1.38. The first kappa shape index (κ1) is 37.9. The zero-order valence-corrected chi connectivity index (χ0v) is 30.8. The van der Waals surface area contributed by atoms with Crippen molar-refractivity contribution in [1.29, 1.82) is 0 Å². The maximum absolute atomic E-state index is 10.6. The van der Waals surface area contributed by atoms with Gasteiger partial charge in [0, 0.05) is 31.6 Å². The number of hydrogen-bond acceptors (Lipinski definition) is 16. The first-order valence-electron chi connectivity index (χ1n) is 17.7. The zero-order valence-electron chi connectivity index (χ0n) is 29.2. The Hall–Kier alpha value is -3.41. The molecule has 4 atom stereocenters. The van der Waals surface area contributed by atoms with Crippen LogP contribution >= 0.6 is 22.9 Å². The van der Waals surface area contributed by atoms with Crippen LogP contribution in [-0.4, -0.2) is 151 Å². The van der Waals surface area contributed by atoms with Gasteiger partial charge in [-0.2, -0.15) is 15.1 Å². The van der Waals surface area contributed by atoms with Gasteiger partial charge in [-0.05, 0) is 42.6 Å². The van der Waals surface area contributed by atoms with Crippen molar-refractivity contribution in [3.8, 4) is 18.1 Å². The van der Waals surface area contributed by atoms with E-state index in [2.05, 4.69) is 30.8 Å². The third-order valence-corrected chi connectivity index (χ3v) is 10.8. The highest BCUT2D eigenvalue weighted by Gasteiger charge is 2.48. The topological polar surface area (TPSA) is 179 Å². The van der Waals surface area contributed by atoms with E-state index in [0.29, 0.717) is 76.3 Å². The minimum Gasteiger partial charge on any atom is -0.491 e. The summed E-state index contributed by atoms with van der Waals surface area (Å²) in [6.45, 7) is 6.99. The standard InChI is InChI=1S/C35H44ClN7O9S/c1-2-8-47-9-10-48-11-12-49-13-14-50-15-16-51-23-4-5-25-27(17-23)53-34(38-25)41-7-3-6-35(20-41)21-42(22-35)30-24-18-37-43(31(24)40-33(36)39-30)32-29(46)28(45)26(19-44)52-32/h1,4-5,17-18,26,28-29,32,44-46H,3,6-16,19-22H2/t26-,28-,29-,32-/m1/s1. The Kier molecular flexibility index (Phi) is 12.4. The van der Waals surface area contributed by atoms with Crippen LogP contribution in [0.3, 0.4) is 0 Å². The van der Waals surface area contributed by atoms with Crippen LogP contribution in [0.5, 0.6) is 5.75 Å². The Bertz CT molecular complexity index is 1870. The molecule has 3 aliphatic heterocycles. The van der Waals surface area contributed by atoms with Crippen molar-refractivity contribution in [3.63, 3.8) is 0 Å². The smallest absolute Gasteiger partial charge is 0.226 e.